The fourth-order valence-corrected chi connectivity index (χ4v) is 3.98. The summed E-state index contributed by atoms with van der Waals surface area (Å²) in [6, 6.07) is 2.43. The number of hydrogen-bond acceptors (Lipinski definition) is 6. The van der Waals surface area contributed by atoms with Gasteiger partial charge in [0.25, 0.3) is 0 Å². The zero-order valence-corrected chi connectivity index (χ0v) is 12.9. The van der Waals surface area contributed by atoms with E-state index in [0.29, 0.717) is 11.3 Å². The van der Waals surface area contributed by atoms with Crippen molar-refractivity contribution in [2.75, 3.05) is 19.3 Å². The Morgan fingerprint density at radius 2 is 1.80 bits per heavy atom. The van der Waals surface area contributed by atoms with Gasteiger partial charge in [0.05, 0.1) is 6.26 Å². The average Bonchev–Trinajstić information content (AvgIpc) is 2.76. The number of sulfonamides is 2. The third-order valence-electron chi connectivity index (χ3n) is 2.07. The smallest absolute Gasteiger partial charge is 0.345 e. The van der Waals surface area contributed by atoms with Crippen molar-refractivity contribution in [3.8, 4) is 0 Å². The van der Waals surface area contributed by atoms with E-state index in [4.69, 9.17) is 5.11 Å². The van der Waals surface area contributed by atoms with E-state index in [0.717, 1.165) is 6.26 Å². The molecule has 20 heavy (non-hydrogen) atoms. The molecule has 1 aromatic rings. The maximum Gasteiger partial charge on any atom is 0.345 e. The number of aromatic carboxylic acids is 1. The van der Waals surface area contributed by atoms with Crippen LogP contribution in [0.25, 0.3) is 0 Å². The number of carbonyl (C=O) groups is 1. The van der Waals surface area contributed by atoms with Crippen LogP contribution in [0.4, 0.5) is 0 Å². The molecular formula is C9H14N2O6S3. The van der Waals surface area contributed by atoms with Gasteiger partial charge in [-0.15, -0.1) is 11.3 Å². The molecule has 0 amide bonds. The average molecular weight is 342 g/mol. The third-order valence-corrected chi connectivity index (χ3v) is 5.82. The van der Waals surface area contributed by atoms with Gasteiger partial charge >= 0.3 is 5.97 Å². The van der Waals surface area contributed by atoms with E-state index in [2.05, 4.69) is 9.44 Å². The molecule has 0 aliphatic rings. The van der Waals surface area contributed by atoms with Crippen LogP contribution in [0, 0.1) is 0 Å². The molecule has 114 valence electrons. The highest BCUT2D eigenvalue weighted by molar-refractivity contribution is 7.91. The summed E-state index contributed by atoms with van der Waals surface area (Å²) in [4.78, 5) is 10.6. The van der Waals surface area contributed by atoms with Crippen LogP contribution in [0.2, 0.25) is 0 Å². The van der Waals surface area contributed by atoms with E-state index in [9.17, 15) is 21.6 Å². The molecule has 1 heterocycles. The minimum atomic E-state index is -3.76. The summed E-state index contributed by atoms with van der Waals surface area (Å²) in [6.07, 6.45) is 1.29. The molecule has 0 unspecified atom stereocenters. The standard InChI is InChI=1S/C9H14N2O6S3/c1-19(14,15)10-5-2-6-11-20(16,17)8-4-3-7(18-8)9(12)13/h3-4,10-11H,2,5-6H2,1H3,(H,12,13). The van der Waals surface area contributed by atoms with Gasteiger partial charge in [-0.2, -0.15) is 0 Å². The SMILES string of the molecule is CS(=O)(=O)NCCCNS(=O)(=O)c1ccc(C(=O)O)s1. The Balaban J connectivity index is 2.51. The van der Waals surface area contributed by atoms with Crippen molar-refractivity contribution >= 4 is 37.4 Å². The normalized spacial score (nSPS) is 12.4. The van der Waals surface area contributed by atoms with Crippen LogP contribution < -0.4 is 9.44 Å². The molecule has 1 rings (SSSR count). The Hall–Kier alpha value is -1.01. The number of carboxylic acid groups (broad SMARTS) is 1. The lowest BCUT2D eigenvalue weighted by atomic mass is 10.4. The van der Waals surface area contributed by atoms with Crippen molar-refractivity contribution in [1.29, 1.82) is 0 Å². The van der Waals surface area contributed by atoms with Gasteiger partial charge in [0.15, 0.2) is 0 Å². The highest BCUT2D eigenvalue weighted by atomic mass is 32.2. The number of thiophene rings is 1. The van der Waals surface area contributed by atoms with Crippen LogP contribution in [0.3, 0.4) is 0 Å². The summed E-state index contributed by atoms with van der Waals surface area (Å²) in [6.45, 7) is 0.164. The lowest BCUT2D eigenvalue weighted by molar-refractivity contribution is 0.0702. The maximum atomic E-state index is 11.8. The summed E-state index contributed by atoms with van der Waals surface area (Å²) in [7, 11) is -7.05. The first kappa shape index (κ1) is 17.0. The van der Waals surface area contributed by atoms with Crippen molar-refractivity contribution in [2.24, 2.45) is 0 Å². The molecule has 1 aromatic heterocycles. The van der Waals surface area contributed by atoms with E-state index < -0.39 is 26.0 Å². The molecule has 0 aromatic carbocycles. The number of carboxylic acids is 1. The zero-order chi connectivity index (χ0) is 15.4. The third kappa shape index (κ3) is 5.54. The quantitative estimate of drug-likeness (QED) is 0.554. The van der Waals surface area contributed by atoms with Crippen LogP contribution in [-0.4, -0.2) is 47.3 Å². The molecule has 0 saturated carbocycles. The molecule has 11 heteroatoms. The first-order valence-corrected chi connectivity index (χ1v) is 9.58. The highest BCUT2D eigenvalue weighted by Gasteiger charge is 2.18. The van der Waals surface area contributed by atoms with Gasteiger partial charge in [-0.25, -0.2) is 31.1 Å². The highest BCUT2D eigenvalue weighted by Crippen LogP contribution is 2.21. The Bertz CT molecular complexity index is 676. The number of nitrogens with one attached hydrogen (secondary N) is 2. The summed E-state index contributed by atoms with van der Waals surface area (Å²) in [5.41, 5.74) is 0. The Morgan fingerprint density at radius 1 is 1.20 bits per heavy atom. The first-order chi connectivity index (χ1) is 9.12. The summed E-state index contributed by atoms with van der Waals surface area (Å²) in [5, 5.41) is 8.72. The summed E-state index contributed by atoms with van der Waals surface area (Å²) in [5.74, 6) is -1.19. The van der Waals surface area contributed by atoms with Crippen LogP contribution >= 0.6 is 11.3 Å². The molecular weight excluding hydrogens is 328 g/mol. The second-order valence-electron chi connectivity index (χ2n) is 3.84. The lowest BCUT2D eigenvalue weighted by Gasteiger charge is -2.05. The second-order valence-corrected chi connectivity index (χ2v) is 8.75. The lowest BCUT2D eigenvalue weighted by Crippen LogP contribution is -2.29. The molecule has 0 aliphatic carbocycles. The van der Waals surface area contributed by atoms with Crippen molar-refractivity contribution < 1.29 is 26.7 Å². The Kier molecular flexibility index (Phi) is 5.65. The number of hydrogen-bond donors (Lipinski definition) is 3. The van der Waals surface area contributed by atoms with Gasteiger partial charge in [-0.05, 0) is 18.6 Å². The molecule has 0 saturated heterocycles. The van der Waals surface area contributed by atoms with Gasteiger partial charge in [0.2, 0.25) is 20.0 Å². The van der Waals surface area contributed by atoms with Crippen LogP contribution in [0.15, 0.2) is 16.3 Å². The minimum absolute atomic E-state index is 0.0468. The number of rotatable bonds is 8. The van der Waals surface area contributed by atoms with Crippen LogP contribution in [0.5, 0.6) is 0 Å². The van der Waals surface area contributed by atoms with Gasteiger partial charge < -0.3 is 5.11 Å². The van der Waals surface area contributed by atoms with Crippen molar-refractivity contribution in [3.05, 3.63) is 17.0 Å². The molecule has 0 spiro atoms. The topological polar surface area (TPSA) is 130 Å². The van der Waals surface area contributed by atoms with Crippen molar-refractivity contribution in [1.82, 2.24) is 9.44 Å². The first-order valence-electron chi connectivity index (χ1n) is 5.39. The van der Waals surface area contributed by atoms with E-state index in [1.165, 1.54) is 12.1 Å². The van der Waals surface area contributed by atoms with Crippen LogP contribution in [-0.2, 0) is 20.0 Å². The van der Waals surface area contributed by atoms with E-state index in [1.54, 1.807) is 0 Å². The molecule has 0 aliphatic heterocycles. The van der Waals surface area contributed by atoms with Crippen molar-refractivity contribution in [3.63, 3.8) is 0 Å². The van der Waals surface area contributed by atoms with E-state index in [-0.39, 0.29) is 28.6 Å². The van der Waals surface area contributed by atoms with Crippen molar-refractivity contribution in [2.45, 2.75) is 10.6 Å². The van der Waals surface area contributed by atoms with Gasteiger partial charge in [0.1, 0.15) is 9.09 Å². The van der Waals surface area contributed by atoms with Gasteiger partial charge in [0, 0.05) is 13.1 Å². The molecule has 0 atom stereocenters. The van der Waals surface area contributed by atoms with Gasteiger partial charge in [-0.1, -0.05) is 0 Å². The minimum Gasteiger partial charge on any atom is -0.477 e. The second kappa shape index (κ2) is 6.63. The van der Waals surface area contributed by atoms with E-state index in [1.807, 2.05) is 0 Å². The predicted octanol–water partition coefficient (Wildman–Crippen LogP) is -0.336. The zero-order valence-electron chi connectivity index (χ0n) is 10.5. The molecule has 0 bridgehead atoms. The summed E-state index contributed by atoms with van der Waals surface area (Å²) >= 11 is 0.654. The maximum absolute atomic E-state index is 11.8. The molecule has 8 nitrogen and oxygen atoms in total. The fraction of sp³-hybridized carbons (Fsp3) is 0.444. The molecule has 0 radical (unpaired) electrons. The Labute approximate surface area is 120 Å². The van der Waals surface area contributed by atoms with E-state index >= 15 is 0 Å². The summed E-state index contributed by atoms with van der Waals surface area (Å²) < 4.78 is 49.5. The van der Waals surface area contributed by atoms with Gasteiger partial charge in [-0.3, -0.25) is 0 Å². The molecule has 0 fully saturated rings. The largest absolute Gasteiger partial charge is 0.477 e. The van der Waals surface area contributed by atoms with Crippen LogP contribution in [0.1, 0.15) is 16.1 Å². The molecule has 3 N–H and O–H groups in total. The monoisotopic (exact) mass is 342 g/mol. The predicted molar refractivity (Wildman–Crippen MR) is 73.9 cm³/mol. The Morgan fingerprint density at radius 3 is 2.30 bits per heavy atom. The fourth-order valence-electron chi connectivity index (χ4n) is 1.20.